The van der Waals surface area contributed by atoms with E-state index in [4.69, 9.17) is 9.47 Å². The van der Waals surface area contributed by atoms with Crippen LogP contribution in [0.3, 0.4) is 0 Å². The first-order valence-corrected chi connectivity index (χ1v) is 6.81. The number of hydrogen-bond acceptors (Lipinski definition) is 5. The highest BCUT2D eigenvalue weighted by Gasteiger charge is 2.09. The van der Waals surface area contributed by atoms with Gasteiger partial charge in [0.25, 0.3) is 0 Å². The Bertz CT molecular complexity index is 506. The van der Waals surface area contributed by atoms with Gasteiger partial charge in [-0.25, -0.2) is 4.68 Å². The molecule has 0 N–H and O–H groups in total. The van der Waals surface area contributed by atoms with Crippen molar-refractivity contribution in [3.63, 3.8) is 0 Å². The predicted molar refractivity (Wildman–Crippen MR) is 74.1 cm³/mol. The molecule has 1 aliphatic heterocycles. The minimum atomic E-state index is 0.697. The maximum absolute atomic E-state index is 5.75. The van der Waals surface area contributed by atoms with Gasteiger partial charge in [-0.1, -0.05) is 5.21 Å². The standard InChI is InChI=1S/C14H18N4O2/c1-3-14(4-2-13(1)18-6-5-15-16-18)20-12-9-17-7-10-19-11-8-17/h1-6H,7-12H2. The Morgan fingerprint density at radius 3 is 2.65 bits per heavy atom. The van der Waals surface area contributed by atoms with Crippen LogP contribution in [0.15, 0.2) is 36.7 Å². The van der Waals surface area contributed by atoms with Crippen LogP contribution < -0.4 is 4.74 Å². The lowest BCUT2D eigenvalue weighted by Crippen LogP contribution is -2.38. The first-order chi connectivity index (χ1) is 9.92. The van der Waals surface area contributed by atoms with Gasteiger partial charge in [0.15, 0.2) is 0 Å². The molecule has 6 nitrogen and oxygen atoms in total. The molecule has 2 aromatic rings. The molecule has 1 aliphatic rings. The van der Waals surface area contributed by atoms with E-state index in [1.54, 1.807) is 10.9 Å². The van der Waals surface area contributed by atoms with Crippen molar-refractivity contribution in [2.75, 3.05) is 39.5 Å². The van der Waals surface area contributed by atoms with Crippen LogP contribution in [-0.4, -0.2) is 59.3 Å². The number of benzene rings is 1. The van der Waals surface area contributed by atoms with Gasteiger partial charge in [-0.15, -0.1) is 5.10 Å². The molecule has 0 amide bonds. The summed E-state index contributed by atoms with van der Waals surface area (Å²) in [5, 5.41) is 7.74. The van der Waals surface area contributed by atoms with E-state index in [1.807, 2.05) is 30.5 Å². The SMILES string of the molecule is c1cn(-c2ccc(OCCN3CCOCC3)cc2)nn1. The van der Waals surface area contributed by atoms with Gasteiger partial charge in [-0.3, -0.25) is 4.90 Å². The van der Waals surface area contributed by atoms with E-state index in [0.717, 1.165) is 44.3 Å². The van der Waals surface area contributed by atoms with Gasteiger partial charge in [0, 0.05) is 19.6 Å². The van der Waals surface area contributed by atoms with Crippen molar-refractivity contribution in [3.05, 3.63) is 36.7 Å². The van der Waals surface area contributed by atoms with Crippen LogP contribution in [0.25, 0.3) is 5.69 Å². The van der Waals surface area contributed by atoms with E-state index in [2.05, 4.69) is 15.2 Å². The van der Waals surface area contributed by atoms with E-state index in [1.165, 1.54) is 0 Å². The highest BCUT2D eigenvalue weighted by Crippen LogP contribution is 2.14. The summed E-state index contributed by atoms with van der Waals surface area (Å²) in [5.74, 6) is 0.877. The van der Waals surface area contributed by atoms with Crippen LogP contribution in [-0.2, 0) is 4.74 Å². The largest absolute Gasteiger partial charge is 0.492 e. The first-order valence-electron chi connectivity index (χ1n) is 6.81. The topological polar surface area (TPSA) is 52.4 Å². The number of hydrogen-bond donors (Lipinski definition) is 0. The summed E-state index contributed by atoms with van der Waals surface area (Å²) in [5.41, 5.74) is 0.975. The number of morpholine rings is 1. The molecule has 1 aromatic carbocycles. The molecule has 0 unspecified atom stereocenters. The predicted octanol–water partition coefficient (Wildman–Crippen LogP) is 0.978. The Morgan fingerprint density at radius 2 is 1.95 bits per heavy atom. The van der Waals surface area contributed by atoms with Gasteiger partial charge in [0.05, 0.1) is 31.3 Å². The number of rotatable bonds is 5. The number of ether oxygens (including phenoxy) is 2. The third kappa shape index (κ3) is 3.34. The summed E-state index contributed by atoms with van der Waals surface area (Å²) < 4.78 is 12.8. The van der Waals surface area contributed by atoms with Crippen molar-refractivity contribution in [3.8, 4) is 11.4 Å². The van der Waals surface area contributed by atoms with Crippen molar-refractivity contribution in [1.82, 2.24) is 19.9 Å². The molecule has 6 heteroatoms. The van der Waals surface area contributed by atoms with Crippen molar-refractivity contribution in [2.24, 2.45) is 0 Å². The second-order valence-electron chi connectivity index (χ2n) is 4.64. The van der Waals surface area contributed by atoms with Crippen molar-refractivity contribution < 1.29 is 9.47 Å². The average Bonchev–Trinajstić information content (AvgIpc) is 3.03. The molecule has 0 atom stereocenters. The lowest BCUT2D eigenvalue weighted by Gasteiger charge is -2.26. The molecule has 0 spiro atoms. The molecule has 20 heavy (non-hydrogen) atoms. The normalized spacial score (nSPS) is 16.2. The third-order valence-electron chi connectivity index (χ3n) is 3.30. The molecular formula is C14H18N4O2. The van der Waals surface area contributed by atoms with Crippen LogP contribution in [0.2, 0.25) is 0 Å². The van der Waals surface area contributed by atoms with Crippen molar-refractivity contribution in [2.45, 2.75) is 0 Å². The zero-order valence-corrected chi connectivity index (χ0v) is 11.3. The lowest BCUT2D eigenvalue weighted by molar-refractivity contribution is 0.0322. The van der Waals surface area contributed by atoms with E-state index < -0.39 is 0 Å². The summed E-state index contributed by atoms with van der Waals surface area (Å²) in [6.07, 6.45) is 3.47. The van der Waals surface area contributed by atoms with Gasteiger partial charge in [-0.2, -0.15) is 0 Å². The fraction of sp³-hybridized carbons (Fsp3) is 0.429. The summed E-state index contributed by atoms with van der Waals surface area (Å²) in [6, 6.07) is 7.85. The minimum absolute atomic E-state index is 0.697. The van der Waals surface area contributed by atoms with Crippen molar-refractivity contribution in [1.29, 1.82) is 0 Å². The fourth-order valence-corrected chi connectivity index (χ4v) is 2.16. The van der Waals surface area contributed by atoms with Crippen LogP contribution in [0, 0.1) is 0 Å². The maximum atomic E-state index is 5.75. The molecule has 2 heterocycles. The van der Waals surface area contributed by atoms with Crippen LogP contribution in [0.4, 0.5) is 0 Å². The lowest BCUT2D eigenvalue weighted by atomic mass is 10.3. The summed E-state index contributed by atoms with van der Waals surface area (Å²) in [4.78, 5) is 2.35. The van der Waals surface area contributed by atoms with Crippen LogP contribution in [0.5, 0.6) is 5.75 Å². The molecule has 1 saturated heterocycles. The fourth-order valence-electron chi connectivity index (χ4n) is 2.16. The Kier molecular flexibility index (Phi) is 4.25. The van der Waals surface area contributed by atoms with Crippen molar-refractivity contribution >= 4 is 0 Å². The van der Waals surface area contributed by atoms with Gasteiger partial charge in [0.1, 0.15) is 12.4 Å². The molecule has 0 saturated carbocycles. The Balaban J connectivity index is 1.48. The van der Waals surface area contributed by atoms with Crippen LogP contribution in [0.1, 0.15) is 0 Å². The van der Waals surface area contributed by atoms with E-state index >= 15 is 0 Å². The molecule has 3 rings (SSSR count). The smallest absolute Gasteiger partial charge is 0.119 e. The second-order valence-corrected chi connectivity index (χ2v) is 4.64. The molecule has 0 bridgehead atoms. The zero-order valence-electron chi connectivity index (χ0n) is 11.3. The quantitative estimate of drug-likeness (QED) is 0.813. The highest BCUT2D eigenvalue weighted by atomic mass is 16.5. The van der Waals surface area contributed by atoms with E-state index in [9.17, 15) is 0 Å². The first kappa shape index (κ1) is 13.1. The summed E-state index contributed by atoms with van der Waals surface area (Å²) >= 11 is 0. The highest BCUT2D eigenvalue weighted by molar-refractivity contribution is 5.36. The summed E-state index contributed by atoms with van der Waals surface area (Å²) in [7, 11) is 0. The van der Waals surface area contributed by atoms with Crippen LogP contribution >= 0.6 is 0 Å². The monoisotopic (exact) mass is 274 g/mol. The molecule has 106 valence electrons. The molecule has 0 aliphatic carbocycles. The van der Waals surface area contributed by atoms with E-state index in [-0.39, 0.29) is 0 Å². The minimum Gasteiger partial charge on any atom is -0.492 e. The van der Waals surface area contributed by atoms with Gasteiger partial charge in [-0.05, 0) is 24.3 Å². The number of aromatic nitrogens is 3. The Labute approximate surface area is 117 Å². The maximum Gasteiger partial charge on any atom is 0.119 e. The Morgan fingerprint density at radius 1 is 1.15 bits per heavy atom. The second kappa shape index (κ2) is 6.49. The molecule has 1 aromatic heterocycles. The van der Waals surface area contributed by atoms with Gasteiger partial charge < -0.3 is 9.47 Å². The molecular weight excluding hydrogens is 256 g/mol. The van der Waals surface area contributed by atoms with Gasteiger partial charge in [0.2, 0.25) is 0 Å². The third-order valence-corrected chi connectivity index (χ3v) is 3.30. The van der Waals surface area contributed by atoms with Gasteiger partial charge >= 0.3 is 0 Å². The Hall–Kier alpha value is -1.92. The number of nitrogens with zero attached hydrogens (tertiary/aromatic N) is 4. The average molecular weight is 274 g/mol. The van der Waals surface area contributed by atoms with E-state index in [0.29, 0.717) is 6.61 Å². The summed E-state index contributed by atoms with van der Waals surface area (Å²) in [6.45, 7) is 5.28. The molecule has 0 radical (unpaired) electrons. The molecule has 1 fully saturated rings. The zero-order chi connectivity index (χ0) is 13.6.